The highest BCUT2D eigenvalue weighted by Crippen LogP contribution is 2.25. The molecule has 7 nitrogen and oxygen atoms in total. The van der Waals surface area contributed by atoms with Crippen LogP contribution in [0.5, 0.6) is 0 Å². The van der Waals surface area contributed by atoms with E-state index in [0.717, 1.165) is 21.0 Å². The van der Waals surface area contributed by atoms with E-state index in [1.54, 1.807) is 66.7 Å². The van der Waals surface area contributed by atoms with Crippen LogP contribution in [0, 0.1) is 6.92 Å². The predicted molar refractivity (Wildman–Crippen MR) is 176 cm³/mol. The summed E-state index contributed by atoms with van der Waals surface area (Å²) < 4.78 is 29.2. The molecule has 0 unspecified atom stereocenters. The number of rotatable bonds is 11. The first-order valence-corrected chi connectivity index (χ1v) is 16.2. The summed E-state index contributed by atoms with van der Waals surface area (Å²) in [4.78, 5) is 29.9. The zero-order chi connectivity index (χ0) is 31.9. The van der Waals surface area contributed by atoms with Crippen LogP contribution in [0.1, 0.15) is 37.5 Å². The lowest BCUT2D eigenvalue weighted by atomic mass is 10.0. The number of nitrogens with one attached hydrogen (secondary N) is 1. The first-order valence-electron chi connectivity index (χ1n) is 14.4. The molecule has 0 fully saturated rings. The molecule has 2 amide bonds. The van der Waals surface area contributed by atoms with Crippen LogP contribution in [-0.4, -0.2) is 43.3 Å². The van der Waals surface area contributed by atoms with E-state index in [0.29, 0.717) is 10.7 Å². The number of sulfonamides is 1. The number of carbonyl (C=O) groups excluding carboxylic acids is 2. The van der Waals surface area contributed by atoms with Crippen molar-refractivity contribution in [1.82, 2.24) is 10.2 Å². The number of carbonyl (C=O) groups is 2. The molecule has 0 aliphatic rings. The van der Waals surface area contributed by atoms with E-state index in [1.807, 2.05) is 58.0 Å². The van der Waals surface area contributed by atoms with Gasteiger partial charge >= 0.3 is 0 Å². The number of halogens is 1. The molecule has 0 bridgehead atoms. The van der Waals surface area contributed by atoms with Crippen molar-refractivity contribution in [3.8, 4) is 0 Å². The van der Waals surface area contributed by atoms with Crippen molar-refractivity contribution in [2.24, 2.45) is 0 Å². The largest absolute Gasteiger partial charge is 0.350 e. The van der Waals surface area contributed by atoms with Gasteiger partial charge in [-0.05, 0) is 75.2 Å². The van der Waals surface area contributed by atoms with Gasteiger partial charge in [0, 0.05) is 23.5 Å². The minimum Gasteiger partial charge on any atom is -0.350 e. The van der Waals surface area contributed by atoms with Gasteiger partial charge in [0.2, 0.25) is 11.8 Å². The molecule has 4 aromatic rings. The number of hydrogen-bond acceptors (Lipinski definition) is 4. The van der Waals surface area contributed by atoms with Crippen molar-refractivity contribution >= 4 is 39.1 Å². The summed E-state index contributed by atoms with van der Waals surface area (Å²) in [6.07, 6.45) is 0.234. The van der Waals surface area contributed by atoms with Gasteiger partial charge in [-0.25, -0.2) is 8.42 Å². The fraction of sp³-hybridized carbons (Fsp3) is 0.257. The second-order valence-corrected chi connectivity index (χ2v) is 14.1. The van der Waals surface area contributed by atoms with Crippen molar-refractivity contribution < 1.29 is 18.0 Å². The van der Waals surface area contributed by atoms with E-state index in [1.165, 1.54) is 17.0 Å². The molecule has 0 aliphatic carbocycles. The van der Waals surface area contributed by atoms with Crippen molar-refractivity contribution in [3.05, 3.63) is 131 Å². The Hall–Kier alpha value is -4.14. The number of hydrogen-bond donors (Lipinski definition) is 1. The van der Waals surface area contributed by atoms with Crippen LogP contribution in [0.4, 0.5) is 5.69 Å². The van der Waals surface area contributed by atoms with Gasteiger partial charge in [-0.3, -0.25) is 13.9 Å². The molecule has 0 aliphatic heterocycles. The van der Waals surface area contributed by atoms with E-state index in [4.69, 9.17) is 11.6 Å². The standard InChI is InChI=1S/C35H38ClN3O4S/c1-26-15-21-31(22-16-26)44(42,43)39(30-13-9-6-10-14-30)25-33(40)38(24-28-17-19-29(36)20-18-28)32(34(41)37-35(2,3)4)23-27-11-7-5-8-12-27/h5-22,32H,23-25H2,1-4H3,(H,37,41)/t32-/m1/s1. The highest BCUT2D eigenvalue weighted by molar-refractivity contribution is 7.92. The van der Waals surface area contributed by atoms with E-state index in [9.17, 15) is 18.0 Å². The van der Waals surface area contributed by atoms with Crippen molar-refractivity contribution in [1.29, 1.82) is 0 Å². The normalized spacial score (nSPS) is 12.3. The Balaban J connectivity index is 1.79. The first-order chi connectivity index (χ1) is 20.8. The second-order valence-electron chi connectivity index (χ2n) is 11.8. The fourth-order valence-corrected chi connectivity index (χ4v) is 6.29. The van der Waals surface area contributed by atoms with Gasteiger partial charge in [0.25, 0.3) is 10.0 Å². The molecule has 9 heteroatoms. The Morgan fingerprint density at radius 1 is 0.795 bits per heavy atom. The third kappa shape index (κ3) is 8.71. The second kappa shape index (κ2) is 14.1. The summed E-state index contributed by atoms with van der Waals surface area (Å²) in [6.45, 7) is 7.06. The van der Waals surface area contributed by atoms with E-state index < -0.39 is 34.1 Å². The lowest BCUT2D eigenvalue weighted by Gasteiger charge is -2.35. The maximum atomic E-state index is 14.4. The molecule has 0 saturated carbocycles. The summed E-state index contributed by atoms with van der Waals surface area (Å²) in [5, 5.41) is 3.57. The van der Waals surface area contributed by atoms with Crippen LogP contribution in [-0.2, 0) is 32.6 Å². The topological polar surface area (TPSA) is 86.8 Å². The molecule has 0 radical (unpaired) electrons. The van der Waals surface area contributed by atoms with E-state index >= 15 is 0 Å². The molecule has 44 heavy (non-hydrogen) atoms. The fourth-order valence-electron chi connectivity index (χ4n) is 4.75. The molecule has 1 atom stereocenters. The Labute approximate surface area is 265 Å². The van der Waals surface area contributed by atoms with Gasteiger partial charge in [-0.2, -0.15) is 0 Å². The highest BCUT2D eigenvalue weighted by atomic mass is 35.5. The van der Waals surface area contributed by atoms with Crippen molar-refractivity contribution in [2.75, 3.05) is 10.8 Å². The number of aryl methyl sites for hydroxylation is 1. The van der Waals surface area contributed by atoms with Gasteiger partial charge < -0.3 is 10.2 Å². The van der Waals surface area contributed by atoms with Crippen LogP contribution in [0.2, 0.25) is 5.02 Å². The van der Waals surface area contributed by atoms with Crippen LogP contribution in [0.25, 0.3) is 0 Å². The van der Waals surface area contributed by atoms with Crippen LogP contribution in [0.3, 0.4) is 0 Å². The van der Waals surface area contributed by atoms with Gasteiger partial charge in [-0.15, -0.1) is 0 Å². The van der Waals surface area contributed by atoms with E-state index in [-0.39, 0.29) is 23.8 Å². The molecule has 0 heterocycles. The van der Waals surface area contributed by atoms with Gasteiger partial charge in [0.1, 0.15) is 12.6 Å². The highest BCUT2D eigenvalue weighted by Gasteiger charge is 2.35. The zero-order valence-electron chi connectivity index (χ0n) is 25.4. The van der Waals surface area contributed by atoms with Gasteiger partial charge in [-0.1, -0.05) is 90.0 Å². The monoisotopic (exact) mass is 631 g/mol. The number of benzene rings is 4. The summed E-state index contributed by atoms with van der Waals surface area (Å²) in [6, 6.07) is 30.6. The lowest BCUT2D eigenvalue weighted by molar-refractivity contribution is -0.140. The average molecular weight is 632 g/mol. The summed E-state index contributed by atoms with van der Waals surface area (Å²) in [5.74, 6) is -0.860. The number of para-hydroxylation sites is 1. The Morgan fingerprint density at radius 2 is 1.36 bits per heavy atom. The molecule has 4 aromatic carbocycles. The minimum atomic E-state index is -4.14. The average Bonchev–Trinajstić information content (AvgIpc) is 2.98. The quantitative estimate of drug-likeness (QED) is 0.208. The molecule has 4 rings (SSSR count). The zero-order valence-corrected chi connectivity index (χ0v) is 27.0. The van der Waals surface area contributed by atoms with Gasteiger partial charge in [0.05, 0.1) is 10.6 Å². The van der Waals surface area contributed by atoms with Crippen LogP contribution in [0.15, 0.2) is 114 Å². The van der Waals surface area contributed by atoms with Crippen molar-refractivity contribution in [2.45, 2.75) is 57.1 Å². The van der Waals surface area contributed by atoms with Crippen molar-refractivity contribution in [3.63, 3.8) is 0 Å². The third-order valence-corrected chi connectivity index (χ3v) is 9.01. The van der Waals surface area contributed by atoms with E-state index in [2.05, 4.69) is 5.32 Å². The predicted octanol–water partition coefficient (Wildman–Crippen LogP) is 6.40. The van der Waals surface area contributed by atoms with Crippen LogP contribution < -0.4 is 9.62 Å². The number of anilines is 1. The summed E-state index contributed by atoms with van der Waals surface area (Å²) >= 11 is 6.14. The SMILES string of the molecule is Cc1ccc(S(=O)(=O)N(CC(=O)N(Cc2ccc(Cl)cc2)[C@H](Cc2ccccc2)C(=O)NC(C)(C)C)c2ccccc2)cc1. The molecule has 0 saturated heterocycles. The molecule has 0 aromatic heterocycles. The first kappa shape index (κ1) is 32.8. The minimum absolute atomic E-state index is 0.0651. The number of amides is 2. The molecular formula is C35H38ClN3O4S. The van der Waals surface area contributed by atoms with Crippen LogP contribution >= 0.6 is 11.6 Å². The Kier molecular flexibility index (Phi) is 10.5. The summed E-state index contributed by atoms with van der Waals surface area (Å²) in [5.41, 5.74) is 2.30. The molecule has 1 N–H and O–H groups in total. The lowest BCUT2D eigenvalue weighted by Crippen LogP contribution is -2.56. The maximum Gasteiger partial charge on any atom is 0.264 e. The Bertz CT molecular complexity index is 1660. The molecular weight excluding hydrogens is 594 g/mol. The van der Waals surface area contributed by atoms with Gasteiger partial charge in [0.15, 0.2) is 0 Å². The summed E-state index contributed by atoms with van der Waals surface area (Å²) in [7, 11) is -4.14. The smallest absolute Gasteiger partial charge is 0.264 e. The number of nitrogens with zero attached hydrogens (tertiary/aromatic N) is 2. The maximum absolute atomic E-state index is 14.4. The Morgan fingerprint density at radius 3 is 1.93 bits per heavy atom. The molecule has 0 spiro atoms. The molecule has 230 valence electrons. The third-order valence-electron chi connectivity index (χ3n) is 6.97.